The van der Waals surface area contributed by atoms with Crippen molar-refractivity contribution in [3.05, 3.63) is 58.6 Å². The molecule has 0 aliphatic carbocycles. The van der Waals surface area contributed by atoms with Crippen LogP contribution in [0.3, 0.4) is 0 Å². The summed E-state index contributed by atoms with van der Waals surface area (Å²) in [5, 5.41) is 10.1. The number of rotatable bonds is 4. The maximum Gasteiger partial charge on any atom is 0.125 e. The molecule has 2 aromatic rings. The van der Waals surface area contributed by atoms with Gasteiger partial charge in [-0.15, -0.1) is 0 Å². The van der Waals surface area contributed by atoms with Crippen LogP contribution in [0, 0.1) is 5.82 Å². The summed E-state index contributed by atoms with van der Waals surface area (Å²) in [7, 11) is 0. The Labute approximate surface area is 115 Å². The second-order valence-corrected chi connectivity index (χ2v) is 4.52. The van der Waals surface area contributed by atoms with Gasteiger partial charge in [-0.05, 0) is 31.2 Å². The third-order valence-corrected chi connectivity index (χ3v) is 3.00. The second kappa shape index (κ2) is 5.99. The molecule has 0 aliphatic heterocycles. The summed E-state index contributed by atoms with van der Waals surface area (Å²) in [4.78, 5) is 3.88. The van der Waals surface area contributed by atoms with E-state index in [1.807, 2.05) is 0 Å². The summed E-state index contributed by atoms with van der Waals surface area (Å²) in [6.45, 7) is 1.79. The molecule has 1 atom stereocenters. The quantitative estimate of drug-likeness (QED) is 0.932. The fraction of sp³-hybridized carbons (Fsp3) is 0.214. The maximum atomic E-state index is 13.1. The van der Waals surface area contributed by atoms with Gasteiger partial charge in [-0.1, -0.05) is 11.6 Å². The van der Waals surface area contributed by atoms with Crippen LogP contribution in [0.25, 0.3) is 0 Å². The van der Waals surface area contributed by atoms with Gasteiger partial charge in [-0.3, -0.25) is 4.98 Å². The number of aromatic nitrogens is 1. The Morgan fingerprint density at radius 1 is 1.42 bits per heavy atom. The third-order valence-electron chi connectivity index (χ3n) is 2.66. The Morgan fingerprint density at radius 2 is 2.21 bits per heavy atom. The summed E-state index contributed by atoms with van der Waals surface area (Å²) in [5.74, 6) is 0.0227. The van der Waals surface area contributed by atoms with E-state index >= 15 is 0 Å². The fourth-order valence-corrected chi connectivity index (χ4v) is 1.83. The van der Waals surface area contributed by atoms with Crippen molar-refractivity contribution in [1.82, 2.24) is 4.98 Å². The molecule has 0 bridgehead atoms. The number of halogens is 2. The van der Waals surface area contributed by atoms with Gasteiger partial charge in [-0.25, -0.2) is 4.39 Å². The molecule has 2 rings (SSSR count). The largest absolute Gasteiger partial charge is 0.488 e. The minimum Gasteiger partial charge on any atom is -0.488 e. The molecule has 0 saturated carbocycles. The highest BCUT2D eigenvalue weighted by Crippen LogP contribution is 2.27. The molecule has 100 valence electrons. The van der Waals surface area contributed by atoms with E-state index in [0.717, 1.165) is 5.56 Å². The molecular weight excluding hydrogens is 269 g/mol. The van der Waals surface area contributed by atoms with Crippen molar-refractivity contribution in [2.24, 2.45) is 0 Å². The molecule has 3 nitrogen and oxygen atoms in total. The topological polar surface area (TPSA) is 42.4 Å². The first-order valence-corrected chi connectivity index (χ1v) is 6.14. The molecule has 5 heteroatoms. The number of hydrogen-bond acceptors (Lipinski definition) is 3. The highest BCUT2D eigenvalue weighted by molar-refractivity contribution is 6.31. The van der Waals surface area contributed by atoms with Crippen LogP contribution in [0.1, 0.15) is 24.2 Å². The van der Waals surface area contributed by atoms with Crippen LogP contribution in [-0.2, 0) is 6.61 Å². The first kappa shape index (κ1) is 13.8. The van der Waals surface area contributed by atoms with Crippen molar-refractivity contribution >= 4 is 11.6 Å². The van der Waals surface area contributed by atoms with Crippen LogP contribution in [0.15, 0.2) is 36.7 Å². The van der Waals surface area contributed by atoms with Gasteiger partial charge in [0, 0.05) is 23.5 Å². The lowest BCUT2D eigenvalue weighted by atomic mass is 10.1. The van der Waals surface area contributed by atoms with Gasteiger partial charge in [-0.2, -0.15) is 0 Å². The van der Waals surface area contributed by atoms with Crippen LogP contribution in [0.5, 0.6) is 5.75 Å². The molecule has 0 amide bonds. The van der Waals surface area contributed by atoms with Gasteiger partial charge >= 0.3 is 0 Å². The average Bonchev–Trinajstić information content (AvgIpc) is 2.38. The normalized spacial score (nSPS) is 12.2. The molecule has 1 aromatic carbocycles. The van der Waals surface area contributed by atoms with Crippen LogP contribution >= 0.6 is 11.6 Å². The van der Waals surface area contributed by atoms with E-state index in [0.29, 0.717) is 16.3 Å². The Hall–Kier alpha value is -1.65. The zero-order valence-corrected chi connectivity index (χ0v) is 11.1. The summed E-state index contributed by atoms with van der Waals surface area (Å²) < 4.78 is 18.7. The molecule has 0 fully saturated rings. The predicted molar refractivity (Wildman–Crippen MR) is 70.6 cm³/mol. The molecule has 0 radical (unpaired) electrons. The van der Waals surface area contributed by atoms with Crippen molar-refractivity contribution in [3.8, 4) is 5.75 Å². The van der Waals surface area contributed by atoms with Gasteiger partial charge in [0.25, 0.3) is 0 Å². The van der Waals surface area contributed by atoms with E-state index in [2.05, 4.69) is 4.98 Å². The molecule has 19 heavy (non-hydrogen) atoms. The van der Waals surface area contributed by atoms with E-state index in [9.17, 15) is 9.50 Å². The van der Waals surface area contributed by atoms with E-state index in [-0.39, 0.29) is 6.61 Å². The molecule has 0 aliphatic rings. The smallest absolute Gasteiger partial charge is 0.125 e. The number of pyridine rings is 1. The highest BCUT2D eigenvalue weighted by Gasteiger charge is 2.11. The lowest BCUT2D eigenvalue weighted by Crippen LogP contribution is -2.02. The van der Waals surface area contributed by atoms with Crippen molar-refractivity contribution in [1.29, 1.82) is 0 Å². The van der Waals surface area contributed by atoms with Crippen molar-refractivity contribution in [2.75, 3.05) is 0 Å². The van der Waals surface area contributed by atoms with Crippen LogP contribution < -0.4 is 4.74 Å². The van der Waals surface area contributed by atoms with Crippen LogP contribution in [-0.4, -0.2) is 10.1 Å². The molecule has 0 saturated heterocycles. The van der Waals surface area contributed by atoms with Gasteiger partial charge in [0.15, 0.2) is 0 Å². The zero-order valence-electron chi connectivity index (χ0n) is 10.3. The number of hydrogen-bond donors (Lipinski definition) is 1. The monoisotopic (exact) mass is 281 g/mol. The third kappa shape index (κ3) is 3.43. The summed E-state index contributed by atoms with van der Waals surface area (Å²) in [5.41, 5.74) is 1.18. The molecule has 1 N–H and O–H groups in total. The van der Waals surface area contributed by atoms with E-state index < -0.39 is 11.9 Å². The van der Waals surface area contributed by atoms with Crippen LogP contribution in [0.4, 0.5) is 4.39 Å². The van der Waals surface area contributed by atoms with Gasteiger partial charge in [0.2, 0.25) is 0 Å². The number of aliphatic hydroxyl groups excluding tert-OH is 1. The van der Waals surface area contributed by atoms with Gasteiger partial charge in [0.1, 0.15) is 18.2 Å². The number of benzene rings is 1. The minimum absolute atomic E-state index is 0.229. The SMILES string of the molecule is C[C@H](O)c1cc(F)ccc1OCc1ccncc1Cl. The standard InChI is InChI=1S/C14H13ClFNO2/c1-9(18)12-6-11(16)2-3-14(12)19-8-10-4-5-17-7-13(10)15/h2-7,9,18H,8H2,1H3/t9-/m0/s1. The minimum atomic E-state index is -0.807. The number of nitrogens with zero attached hydrogens (tertiary/aromatic N) is 1. The number of aliphatic hydroxyl groups is 1. The van der Waals surface area contributed by atoms with Crippen molar-refractivity contribution < 1.29 is 14.2 Å². The average molecular weight is 282 g/mol. The lowest BCUT2D eigenvalue weighted by Gasteiger charge is -2.14. The van der Waals surface area contributed by atoms with E-state index in [1.54, 1.807) is 19.2 Å². The fourth-order valence-electron chi connectivity index (χ4n) is 1.65. The Bertz CT molecular complexity index is 575. The molecule has 1 heterocycles. The lowest BCUT2D eigenvalue weighted by molar-refractivity contribution is 0.189. The van der Waals surface area contributed by atoms with Crippen molar-refractivity contribution in [3.63, 3.8) is 0 Å². The summed E-state index contributed by atoms with van der Waals surface area (Å²) in [6, 6.07) is 5.78. The maximum absolute atomic E-state index is 13.1. The zero-order chi connectivity index (χ0) is 13.8. The molecule has 1 aromatic heterocycles. The van der Waals surface area contributed by atoms with Crippen molar-refractivity contribution in [2.45, 2.75) is 19.6 Å². The van der Waals surface area contributed by atoms with E-state index in [4.69, 9.17) is 16.3 Å². The summed E-state index contributed by atoms with van der Waals surface area (Å²) in [6.07, 6.45) is 2.34. The molecular formula is C14H13ClFNO2. The first-order chi connectivity index (χ1) is 9.08. The Kier molecular flexibility index (Phi) is 4.35. The van der Waals surface area contributed by atoms with Gasteiger partial charge < -0.3 is 9.84 Å². The highest BCUT2D eigenvalue weighted by atomic mass is 35.5. The van der Waals surface area contributed by atoms with E-state index in [1.165, 1.54) is 24.4 Å². The van der Waals surface area contributed by atoms with Crippen LogP contribution in [0.2, 0.25) is 5.02 Å². The Morgan fingerprint density at radius 3 is 2.89 bits per heavy atom. The van der Waals surface area contributed by atoms with Gasteiger partial charge in [0.05, 0.1) is 11.1 Å². The first-order valence-electron chi connectivity index (χ1n) is 5.76. The summed E-state index contributed by atoms with van der Waals surface area (Å²) >= 11 is 5.97. The second-order valence-electron chi connectivity index (χ2n) is 4.11. The predicted octanol–water partition coefficient (Wildman–Crippen LogP) is 3.51. The number of ether oxygens (including phenoxy) is 1. The molecule has 0 spiro atoms. The Balaban J connectivity index is 2.18. The molecule has 0 unspecified atom stereocenters.